The summed E-state index contributed by atoms with van der Waals surface area (Å²) in [6.45, 7) is 4.53. The maximum Gasteiger partial charge on any atom is 0.141 e. The second-order valence-corrected chi connectivity index (χ2v) is 9.56. The topological polar surface area (TPSA) is 17.1 Å². The van der Waals surface area contributed by atoms with Crippen LogP contribution in [0.4, 0.5) is 0 Å². The van der Waals surface area contributed by atoms with E-state index in [1.165, 1.54) is 88.2 Å². The minimum Gasteiger partial charge on any atom is -0.299 e. The zero-order valence-corrected chi connectivity index (χ0v) is 20.8. The normalized spacial score (nSPS) is 11.1. The van der Waals surface area contributed by atoms with Crippen LogP contribution < -0.4 is 0 Å². The van der Waals surface area contributed by atoms with Gasteiger partial charge in [0.25, 0.3) is 0 Å². The quantitative estimate of drug-likeness (QED) is 0.214. The second-order valence-electron chi connectivity index (χ2n) is 9.56. The Morgan fingerprint density at radius 3 is 1.16 bits per heavy atom. The molecule has 176 valence electrons. The van der Waals surface area contributed by atoms with Crippen LogP contribution in [0.2, 0.25) is 0 Å². The van der Waals surface area contributed by atoms with Crippen molar-refractivity contribution in [1.82, 2.24) is 0 Å². The van der Waals surface area contributed by atoms with E-state index >= 15 is 0 Å². The first-order valence-electron chi connectivity index (χ1n) is 13.4. The Balaban J connectivity index is 1.65. The van der Waals surface area contributed by atoms with E-state index in [-0.39, 0.29) is 0 Å². The standard InChI is InChI=1S/C31H46O/c1-3-5-7-9-11-13-15-27-17-21-29(22-18-27)25-31(32)26-30-23-19-28(20-24-30)16-14-12-10-8-6-4-2/h17-24H,3-16,25-26H2,1-2H3. The van der Waals surface area contributed by atoms with Crippen LogP contribution in [0.25, 0.3) is 0 Å². The van der Waals surface area contributed by atoms with Crippen LogP contribution in [0.5, 0.6) is 0 Å². The van der Waals surface area contributed by atoms with Crippen LogP contribution in [-0.4, -0.2) is 5.78 Å². The number of aryl methyl sites for hydroxylation is 2. The van der Waals surface area contributed by atoms with E-state index in [1.54, 1.807) is 0 Å². The second kappa shape index (κ2) is 16.7. The van der Waals surface area contributed by atoms with E-state index in [0.717, 1.165) is 24.0 Å². The van der Waals surface area contributed by atoms with Crippen molar-refractivity contribution in [2.75, 3.05) is 0 Å². The molecule has 1 heteroatoms. The highest BCUT2D eigenvalue weighted by Gasteiger charge is 2.06. The summed E-state index contributed by atoms with van der Waals surface area (Å²) in [6.07, 6.45) is 19.4. The summed E-state index contributed by atoms with van der Waals surface area (Å²) >= 11 is 0. The van der Waals surface area contributed by atoms with E-state index < -0.39 is 0 Å². The molecule has 0 radical (unpaired) electrons. The Hall–Kier alpha value is -1.89. The number of ketones is 1. The highest BCUT2D eigenvalue weighted by Crippen LogP contribution is 2.14. The third kappa shape index (κ3) is 11.7. The van der Waals surface area contributed by atoms with E-state index in [9.17, 15) is 4.79 Å². The van der Waals surface area contributed by atoms with Gasteiger partial charge in [0.05, 0.1) is 0 Å². The van der Waals surface area contributed by atoms with Gasteiger partial charge >= 0.3 is 0 Å². The van der Waals surface area contributed by atoms with Gasteiger partial charge in [-0.3, -0.25) is 4.79 Å². The maximum absolute atomic E-state index is 12.5. The van der Waals surface area contributed by atoms with Crippen molar-refractivity contribution in [2.24, 2.45) is 0 Å². The van der Waals surface area contributed by atoms with Crippen LogP contribution in [0.3, 0.4) is 0 Å². The summed E-state index contributed by atoms with van der Waals surface area (Å²) < 4.78 is 0. The third-order valence-electron chi connectivity index (χ3n) is 6.49. The third-order valence-corrected chi connectivity index (χ3v) is 6.49. The molecule has 2 rings (SSSR count). The van der Waals surface area contributed by atoms with Gasteiger partial charge < -0.3 is 0 Å². The van der Waals surface area contributed by atoms with Crippen molar-refractivity contribution in [2.45, 2.75) is 117 Å². The molecule has 0 fully saturated rings. The van der Waals surface area contributed by atoms with Gasteiger partial charge in [-0.1, -0.05) is 127 Å². The molecule has 0 bridgehead atoms. The lowest BCUT2D eigenvalue weighted by molar-refractivity contribution is -0.117. The molecule has 0 N–H and O–H groups in total. The van der Waals surface area contributed by atoms with Crippen molar-refractivity contribution < 1.29 is 4.79 Å². The number of carbonyl (C=O) groups is 1. The first-order chi connectivity index (χ1) is 15.7. The Bertz CT molecular complexity index is 663. The number of benzene rings is 2. The average Bonchev–Trinajstić information content (AvgIpc) is 2.80. The molecular weight excluding hydrogens is 388 g/mol. The maximum atomic E-state index is 12.5. The fraction of sp³-hybridized carbons (Fsp3) is 0.581. The predicted molar refractivity (Wildman–Crippen MR) is 139 cm³/mol. The van der Waals surface area contributed by atoms with E-state index in [0.29, 0.717) is 18.6 Å². The molecule has 0 amide bonds. The fourth-order valence-corrected chi connectivity index (χ4v) is 4.38. The highest BCUT2D eigenvalue weighted by molar-refractivity contribution is 5.83. The molecule has 0 atom stereocenters. The molecule has 2 aromatic rings. The molecular formula is C31H46O. The Morgan fingerprint density at radius 2 is 0.781 bits per heavy atom. The van der Waals surface area contributed by atoms with Crippen molar-refractivity contribution >= 4 is 5.78 Å². The summed E-state index contributed by atoms with van der Waals surface area (Å²) in [6, 6.07) is 17.4. The van der Waals surface area contributed by atoms with E-state index in [4.69, 9.17) is 0 Å². The predicted octanol–water partition coefficient (Wildman–Crippen LogP) is 8.85. The monoisotopic (exact) mass is 434 g/mol. The molecule has 0 saturated carbocycles. The molecule has 0 aliphatic carbocycles. The molecule has 0 aromatic heterocycles. The van der Waals surface area contributed by atoms with Gasteiger partial charge in [0.15, 0.2) is 0 Å². The fourth-order valence-electron chi connectivity index (χ4n) is 4.38. The summed E-state index contributed by atoms with van der Waals surface area (Å²) in [5.74, 6) is 0.303. The number of rotatable bonds is 18. The molecule has 1 nitrogen and oxygen atoms in total. The van der Waals surface area contributed by atoms with Crippen LogP contribution in [0.15, 0.2) is 48.5 Å². The van der Waals surface area contributed by atoms with Gasteiger partial charge in [-0.15, -0.1) is 0 Å². The number of Topliss-reactive ketones (excluding diaryl/α,β-unsaturated/α-hetero) is 1. The summed E-state index contributed by atoms with van der Waals surface area (Å²) in [5.41, 5.74) is 5.08. The minimum absolute atomic E-state index is 0.303. The van der Waals surface area contributed by atoms with Crippen molar-refractivity contribution in [3.63, 3.8) is 0 Å². The smallest absolute Gasteiger partial charge is 0.141 e. The molecule has 0 spiro atoms. The van der Waals surface area contributed by atoms with Gasteiger partial charge in [0.2, 0.25) is 0 Å². The van der Waals surface area contributed by atoms with Crippen molar-refractivity contribution in [3.8, 4) is 0 Å². The Labute approximate surface area is 198 Å². The molecule has 0 heterocycles. The number of hydrogen-bond donors (Lipinski definition) is 0. The first kappa shape index (κ1) is 26.4. The van der Waals surface area contributed by atoms with Gasteiger partial charge in [-0.05, 0) is 47.9 Å². The molecule has 2 aromatic carbocycles. The lowest BCUT2D eigenvalue weighted by Gasteiger charge is -2.06. The number of hydrogen-bond acceptors (Lipinski definition) is 1. The van der Waals surface area contributed by atoms with Gasteiger partial charge in [-0.2, -0.15) is 0 Å². The molecule has 0 saturated heterocycles. The molecule has 0 aliphatic heterocycles. The largest absolute Gasteiger partial charge is 0.299 e. The summed E-state index contributed by atoms with van der Waals surface area (Å²) in [4.78, 5) is 12.5. The SMILES string of the molecule is CCCCCCCCc1ccc(CC(=O)Cc2ccc(CCCCCCCC)cc2)cc1. The molecule has 0 aliphatic rings. The van der Waals surface area contributed by atoms with E-state index in [2.05, 4.69) is 62.4 Å². The van der Waals surface area contributed by atoms with Crippen LogP contribution in [0, 0.1) is 0 Å². The minimum atomic E-state index is 0.303. The van der Waals surface area contributed by atoms with E-state index in [1.807, 2.05) is 0 Å². The zero-order chi connectivity index (χ0) is 22.9. The van der Waals surface area contributed by atoms with Crippen molar-refractivity contribution in [1.29, 1.82) is 0 Å². The number of carbonyl (C=O) groups excluding carboxylic acids is 1. The molecule has 32 heavy (non-hydrogen) atoms. The summed E-state index contributed by atoms with van der Waals surface area (Å²) in [7, 11) is 0. The zero-order valence-electron chi connectivity index (χ0n) is 20.8. The first-order valence-corrected chi connectivity index (χ1v) is 13.4. The highest BCUT2D eigenvalue weighted by atomic mass is 16.1. The van der Waals surface area contributed by atoms with Gasteiger partial charge in [0, 0.05) is 12.8 Å². The Kier molecular flexibility index (Phi) is 13.8. The number of unbranched alkanes of at least 4 members (excludes halogenated alkanes) is 10. The van der Waals surface area contributed by atoms with Gasteiger partial charge in [0.1, 0.15) is 5.78 Å². The van der Waals surface area contributed by atoms with Crippen LogP contribution >= 0.6 is 0 Å². The lowest BCUT2D eigenvalue weighted by Crippen LogP contribution is -2.06. The molecule has 0 unspecified atom stereocenters. The van der Waals surface area contributed by atoms with Crippen LogP contribution in [0.1, 0.15) is 113 Å². The Morgan fingerprint density at radius 1 is 0.469 bits per heavy atom. The average molecular weight is 435 g/mol. The van der Waals surface area contributed by atoms with Gasteiger partial charge in [-0.25, -0.2) is 0 Å². The lowest BCUT2D eigenvalue weighted by atomic mass is 9.98. The summed E-state index contributed by atoms with van der Waals surface area (Å²) in [5, 5.41) is 0. The van der Waals surface area contributed by atoms with Crippen molar-refractivity contribution in [3.05, 3.63) is 70.8 Å². The van der Waals surface area contributed by atoms with Crippen LogP contribution in [-0.2, 0) is 30.5 Å².